The van der Waals surface area contributed by atoms with E-state index in [1.54, 1.807) is 0 Å². The number of hydrogen-bond donors (Lipinski definition) is 1. The van der Waals surface area contributed by atoms with Gasteiger partial charge in [0, 0.05) is 30.6 Å². The van der Waals surface area contributed by atoms with Crippen molar-refractivity contribution in [2.24, 2.45) is 0 Å². The molecule has 3 aromatic rings. The minimum absolute atomic E-state index is 0.0724. The van der Waals surface area contributed by atoms with Gasteiger partial charge in [-0.3, -0.25) is 10.1 Å². The second kappa shape index (κ2) is 8.09. The molecule has 0 aliphatic carbocycles. The van der Waals surface area contributed by atoms with Gasteiger partial charge in [0.25, 0.3) is 5.91 Å². The van der Waals surface area contributed by atoms with Gasteiger partial charge in [-0.25, -0.2) is 17.7 Å². The topological polar surface area (TPSA) is 88.6 Å². The number of carbonyl (C=O) groups is 1. The van der Waals surface area contributed by atoms with E-state index >= 15 is 0 Å². The van der Waals surface area contributed by atoms with Crippen molar-refractivity contribution in [3.05, 3.63) is 59.5 Å². The van der Waals surface area contributed by atoms with Crippen LogP contribution in [0.15, 0.2) is 58.8 Å². The Bertz CT molecular complexity index is 1090. The normalized spacial score (nSPS) is 11.4. The lowest BCUT2D eigenvalue weighted by atomic mass is 10.2. The Hall–Kier alpha value is -2.75. The van der Waals surface area contributed by atoms with Gasteiger partial charge in [-0.2, -0.15) is 0 Å². The Morgan fingerprint density at radius 3 is 2.50 bits per heavy atom. The van der Waals surface area contributed by atoms with Crippen LogP contribution in [0.1, 0.15) is 10.4 Å². The summed E-state index contributed by atoms with van der Waals surface area (Å²) >= 11 is 1.30. The van der Waals surface area contributed by atoms with E-state index < -0.39 is 15.9 Å². The van der Waals surface area contributed by atoms with Crippen molar-refractivity contribution in [1.29, 1.82) is 0 Å². The van der Waals surface area contributed by atoms with Crippen molar-refractivity contribution in [3.63, 3.8) is 0 Å². The van der Waals surface area contributed by atoms with E-state index in [4.69, 9.17) is 4.74 Å². The van der Waals surface area contributed by atoms with Gasteiger partial charge in [-0.1, -0.05) is 30.3 Å². The molecule has 1 heterocycles. The van der Waals surface area contributed by atoms with Crippen molar-refractivity contribution in [2.45, 2.75) is 4.90 Å². The number of methoxy groups -OCH3 is 1. The number of benzene rings is 2. The largest absolute Gasteiger partial charge is 0.495 e. The molecule has 0 spiro atoms. The molecule has 1 amide bonds. The summed E-state index contributed by atoms with van der Waals surface area (Å²) < 4.78 is 31.2. The number of nitrogens with zero attached hydrogens (tertiary/aromatic N) is 2. The molecule has 0 radical (unpaired) electrons. The molecule has 0 bridgehead atoms. The third-order valence-electron chi connectivity index (χ3n) is 3.98. The zero-order valence-electron chi connectivity index (χ0n) is 15.5. The van der Waals surface area contributed by atoms with Gasteiger partial charge in [0.2, 0.25) is 10.0 Å². The molecule has 0 saturated carbocycles. The SMILES string of the molecule is COc1ccc(C(=O)Nc2nc(-c3ccccc3)cs2)cc1S(=O)(=O)N(C)C. The molecule has 7 nitrogen and oxygen atoms in total. The molecule has 28 heavy (non-hydrogen) atoms. The monoisotopic (exact) mass is 417 g/mol. The molecule has 146 valence electrons. The number of aromatic nitrogens is 1. The molecular formula is C19H19N3O4S2. The van der Waals surface area contributed by atoms with Crippen molar-refractivity contribution in [2.75, 3.05) is 26.5 Å². The van der Waals surface area contributed by atoms with E-state index in [0.29, 0.717) is 5.13 Å². The predicted octanol–water partition coefficient (Wildman–Crippen LogP) is 3.32. The zero-order valence-corrected chi connectivity index (χ0v) is 17.2. The third-order valence-corrected chi connectivity index (χ3v) is 6.57. The Morgan fingerprint density at radius 2 is 1.86 bits per heavy atom. The van der Waals surface area contributed by atoms with Crippen molar-refractivity contribution >= 4 is 32.4 Å². The van der Waals surface area contributed by atoms with Crippen LogP contribution in [-0.2, 0) is 10.0 Å². The maximum Gasteiger partial charge on any atom is 0.257 e. The first-order chi connectivity index (χ1) is 13.3. The van der Waals surface area contributed by atoms with Gasteiger partial charge in [0.1, 0.15) is 10.6 Å². The number of rotatable bonds is 6. The van der Waals surface area contributed by atoms with E-state index in [9.17, 15) is 13.2 Å². The second-order valence-corrected chi connectivity index (χ2v) is 8.99. The molecular weight excluding hydrogens is 398 g/mol. The van der Waals surface area contributed by atoms with Crippen LogP contribution in [0.25, 0.3) is 11.3 Å². The number of sulfonamides is 1. The fourth-order valence-corrected chi connectivity index (χ4v) is 4.25. The lowest BCUT2D eigenvalue weighted by Gasteiger charge is -2.15. The number of ether oxygens (including phenoxy) is 1. The third kappa shape index (κ3) is 4.06. The molecule has 0 aliphatic rings. The summed E-state index contributed by atoms with van der Waals surface area (Å²) in [5.74, 6) is -0.280. The minimum Gasteiger partial charge on any atom is -0.495 e. The lowest BCUT2D eigenvalue weighted by molar-refractivity contribution is 0.102. The van der Waals surface area contributed by atoms with E-state index in [-0.39, 0.29) is 16.2 Å². The van der Waals surface area contributed by atoms with Gasteiger partial charge in [0.05, 0.1) is 12.8 Å². The average molecular weight is 418 g/mol. The van der Waals surface area contributed by atoms with Gasteiger partial charge >= 0.3 is 0 Å². The summed E-state index contributed by atoms with van der Waals surface area (Å²) in [5, 5.41) is 4.99. The molecule has 0 fully saturated rings. The number of nitrogens with one attached hydrogen (secondary N) is 1. The molecule has 1 aromatic heterocycles. The number of hydrogen-bond acceptors (Lipinski definition) is 6. The summed E-state index contributed by atoms with van der Waals surface area (Å²) in [7, 11) is 0.452. The van der Waals surface area contributed by atoms with Gasteiger partial charge in [0.15, 0.2) is 5.13 Å². The minimum atomic E-state index is -3.77. The predicted molar refractivity (Wildman–Crippen MR) is 109 cm³/mol. The maximum atomic E-state index is 12.6. The fourth-order valence-electron chi connectivity index (χ4n) is 2.46. The highest BCUT2D eigenvalue weighted by Crippen LogP contribution is 2.28. The van der Waals surface area contributed by atoms with E-state index in [1.165, 1.54) is 50.7 Å². The summed E-state index contributed by atoms with van der Waals surface area (Å²) in [4.78, 5) is 17.0. The highest BCUT2D eigenvalue weighted by Gasteiger charge is 2.24. The van der Waals surface area contributed by atoms with Crippen LogP contribution in [0.4, 0.5) is 5.13 Å². The van der Waals surface area contributed by atoms with Crippen LogP contribution < -0.4 is 10.1 Å². The maximum absolute atomic E-state index is 12.6. The first-order valence-corrected chi connectivity index (χ1v) is 10.6. The van der Waals surface area contributed by atoms with Crippen molar-refractivity contribution < 1.29 is 17.9 Å². The van der Waals surface area contributed by atoms with Crippen LogP contribution >= 0.6 is 11.3 Å². The molecule has 0 saturated heterocycles. The number of anilines is 1. The Balaban J connectivity index is 1.87. The van der Waals surface area contributed by atoms with Crippen LogP contribution in [0.5, 0.6) is 5.75 Å². The summed E-state index contributed by atoms with van der Waals surface area (Å²) in [6, 6.07) is 13.9. The van der Waals surface area contributed by atoms with Gasteiger partial charge < -0.3 is 4.74 Å². The molecule has 0 unspecified atom stereocenters. The molecule has 3 rings (SSSR count). The van der Waals surface area contributed by atoms with Crippen LogP contribution in [0.3, 0.4) is 0 Å². The van der Waals surface area contributed by atoms with Crippen LogP contribution in [-0.4, -0.2) is 44.8 Å². The highest BCUT2D eigenvalue weighted by molar-refractivity contribution is 7.89. The average Bonchev–Trinajstić information content (AvgIpc) is 3.16. The fraction of sp³-hybridized carbons (Fsp3) is 0.158. The first kappa shape index (κ1) is 20.0. The van der Waals surface area contributed by atoms with Crippen LogP contribution in [0.2, 0.25) is 0 Å². The van der Waals surface area contributed by atoms with E-state index in [2.05, 4.69) is 10.3 Å². The zero-order chi connectivity index (χ0) is 20.3. The smallest absolute Gasteiger partial charge is 0.257 e. The number of carbonyl (C=O) groups excluding carboxylic acids is 1. The second-order valence-electron chi connectivity index (χ2n) is 6.01. The quantitative estimate of drug-likeness (QED) is 0.665. The van der Waals surface area contributed by atoms with E-state index in [1.807, 2.05) is 35.7 Å². The van der Waals surface area contributed by atoms with E-state index in [0.717, 1.165) is 15.6 Å². The summed E-state index contributed by atoms with van der Waals surface area (Å²) in [6.07, 6.45) is 0. The molecule has 0 aliphatic heterocycles. The molecule has 2 aromatic carbocycles. The standard InChI is InChI=1S/C19H19N3O4S2/c1-22(2)28(24,25)17-11-14(9-10-16(17)26-3)18(23)21-19-20-15(12-27-19)13-7-5-4-6-8-13/h4-12H,1-3H3,(H,20,21,23). The molecule has 0 atom stereocenters. The van der Waals surface area contributed by atoms with Gasteiger partial charge in [-0.05, 0) is 18.2 Å². The molecule has 1 N–H and O–H groups in total. The summed E-state index contributed by atoms with van der Waals surface area (Å²) in [6.45, 7) is 0. The lowest BCUT2D eigenvalue weighted by Crippen LogP contribution is -2.23. The van der Waals surface area contributed by atoms with Crippen molar-refractivity contribution in [1.82, 2.24) is 9.29 Å². The Labute approximate surface area is 167 Å². The highest BCUT2D eigenvalue weighted by atomic mass is 32.2. The number of amides is 1. The summed E-state index contributed by atoms with van der Waals surface area (Å²) in [5.41, 5.74) is 1.90. The van der Waals surface area contributed by atoms with Crippen molar-refractivity contribution in [3.8, 4) is 17.0 Å². The Kier molecular flexibility index (Phi) is 5.78. The first-order valence-electron chi connectivity index (χ1n) is 8.26. The Morgan fingerprint density at radius 1 is 1.14 bits per heavy atom. The molecule has 9 heteroatoms. The van der Waals surface area contributed by atoms with Crippen LogP contribution in [0, 0.1) is 0 Å². The van der Waals surface area contributed by atoms with Gasteiger partial charge in [-0.15, -0.1) is 11.3 Å². The number of thiazole rings is 1.